The van der Waals surface area contributed by atoms with Crippen molar-refractivity contribution in [1.29, 1.82) is 0 Å². The van der Waals surface area contributed by atoms with Crippen LogP contribution in [0.4, 0.5) is 0 Å². The van der Waals surface area contributed by atoms with Crippen molar-refractivity contribution in [1.82, 2.24) is 0 Å². The minimum absolute atomic E-state index is 0.426. The molecule has 0 atom stereocenters. The Morgan fingerprint density at radius 3 is 1.25 bits per heavy atom. The zero-order valence-corrected chi connectivity index (χ0v) is 28.0. The quantitative estimate of drug-likeness (QED) is 0.168. The molecule has 0 bridgehead atoms. The fourth-order valence-corrected chi connectivity index (χ4v) is 9.43. The molecule has 10 aromatic rings. The molecular weight excluding hydrogens is 613 g/mol. The third kappa shape index (κ3) is 3.85. The molecule has 0 aliphatic heterocycles. The Morgan fingerprint density at radius 1 is 0.255 bits per heavy atom. The van der Waals surface area contributed by atoms with Crippen molar-refractivity contribution in [3.63, 3.8) is 0 Å². The van der Waals surface area contributed by atoms with Gasteiger partial charge in [-0.2, -0.15) is 0 Å². The first-order valence-corrected chi connectivity index (χ1v) is 17.9. The molecule has 1 aliphatic carbocycles. The second-order valence-corrected chi connectivity index (χ2v) is 13.9. The van der Waals surface area contributed by atoms with Crippen molar-refractivity contribution in [3.05, 3.63) is 216 Å². The van der Waals surface area contributed by atoms with Crippen molar-refractivity contribution in [3.8, 4) is 22.3 Å². The number of hydrogen-bond donors (Lipinski definition) is 0. The van der Waals surface area contributed by atoms with Gasteiger partial charge < -0.3 is 0 Å². The first-order chi connectivity index (χ1) is 25.3. The highest BCUT2D eigenvalue weighted by Crippen LogP contribution is 2.57. The summed E-state index contributed by atoms with van der Waals surface area (Å²) in [4.78, 5) is 0. The molecule has 51 heavy (non-hydrogen) atoms. The van der Waals surface area contributed by atoms with Gasteiger partial charge in [-0.1, -0.05) is 182 Å². The first-order valence-electron chi connectivity index (χ1n) is 17.9. The van der Waals surface area contributed by atoms with E-state index in [1.54, 1.807) is 0 Å². The molecule has 0 N–H and O–H groups in total. The van der Waals surface area contributed by atoms with Crippen molar-refractivity contribution in [2.75, 3.05) is 0 Å². The van der Waals surface area contributed by atoms with E-state index in [9.17, 15) is 0 Å². The lowest BCUT2D eigenvalue weighted by atomic mass is 9.67. The molecule has 10 aromatic carbocycles. The summed E-state index contributed by atoms with van der Waals surface area (Å²) in [7, 11) is 0. The Kier molecular flexibility index (Phi) is 5.97. The lowest BCUT2D eigenvalue weighted by molar-refractivity contribution is 0.769. The molecule has 11 rings (SSSR count). The van der Waals surface area contributed by atoms with E-state index in [1.165, 1.54) is 98.4 Å². The van der Waals surface area contributed by atoms with Gasteiger partial charge in [-0.05, 0) is 111 Å². The van der Waals surface area contributed by atoms with Gasteiger partial charge in [-0.15, -0.1) is 0 Å². The summed E-state index contributed by atoms with van der Waals surface area (Å²) >= 11 is 0. The largest absolute Gasteiger partial charge is 0.0713 e. The van der Waals surface area contributed by atoms with Gasteiger partial charge in [0.1, 0.15) is 0 Å². The van der Waals surface area contributed by atoms with E-state index in [2.05, 4.69) is 194 Å². The zero-order valence-electron chi connectivity index (χ0n) is 28.0. The fourth-order valence-electron chi connectivity index (χ4n) is 9.43. The maximum atomic E-state index is 2.47. The van der Waals surface area contributed by atoms with E-state index in [-0.39, 0.29) is 0 Å². The van der Waals surface area contributed by atoms with Crippen LogP contribution in [-0.2, 0) is 5.41 Å². The number of rotatable bonds is 3. The Hall–Kier alpha value is -6.50. The van der Waals surface area contributed by atoms with Crippen molar-refractivity contribution in [2.45, 2.75) is 5.41 Å². The highest BCUT2D eigenvalue weighted by molar-refractivity contribution is 6.39. The van der Waals surface area contributed by atoms with E-state index >= 15 is 0 Å². The summed E-state index contributed by atoms with van der Waals surface area (Å²) in [6.07, 6.45) is 0. The molecule has 0 unspecified atom stereocenters. The lowest BCUT2D eigenvalue weighted by Gasteiger charge is -2.34. The molecule has 0 spiro atoms. The molecule has 0 amide bonds. The van der Waals surface area contributed by atoms with Crippen LogP contribution in [0, 0.1) is 0 Å². The molecule has 0 heteroatoms. The molecule has 236 valence electrons. The molecule has 0 saturated heterocycles. The maximum absolute atomic E-state index is 2.47. The second-order valence-electron chi connectivity index (χ2n) is 13.9. The number of fused-ring (bicyclic) bond motifs is 14. The van der Waals surface area contributed by atoms with E-state index in [0.29, 0.717) is 0 Å². The Balaban J connectivity index is 1.22. The predicted octanol–water partition coefficient (Wildman–Crippen LogP) is 13.5. The average molecular weight is 645 g/mol. The van der Waals surface area contributed by atoms with Crippen molar-refractivity contribution >= 4 is 53.9 Å². The van der Waals surface area contributed by atoms with Crippen LogP contribution in [0.1, 0.15) is 22.3 Å². The van der Waals surface area contributed by atoms with E-state index in [0.717, 1.165) is 0 Å². The zero-order chi connectivity index (χ0) is 33.5. The third-order valence-corrected chi connectivity index (χ3v) is 11.5. The van der Waals surface area contributed by atoms with Gasteiger partial charge in [-0.25, -0.2) is 0 Å². The maximum Gasteiger partial charge on any atom is 0.0713 e. The van der Waals surface area contributed by atoms with E-state index < -0.39 is 5.41 Å². The monoisotopic (exact) mass is 644 g/mol. The van der Waals surface area contributed by atoms with E-state index in [1.807, 2.05) is 0 Å². The van der Waals surface area contributed by atoms with Crippen LogP contribution in [0.2, 0.25) is 0 Å². The summed E-state index contributed by atoms with van der Waals surface area (Å²) < 4.78 is 0. The normalized spacial score (nSPS) is 13.3. The molecule has 0 heterocycles. The lowest BCUT2D eigenvalue weighted by Crippen LogP contribution is -2.28. The van der Waals surface area contributed by atoms with Gasteiger partial charge in [0.15, 0.2) is 0 Å². The number of hydrogen-bond acceptors (Lipinski definition) is 0. The second kappa shape index (κ2) is 10.7. The average Bonchev–Trinajstić information content (AvgIpc) is 3.51. The Labute approximate surface area is 296 Å². The predicted molar refractivity (Wildman–Crippen MR) is 217 cm³/mol. The van der Waals surface area contributed by atoms with Crippen LogP contribution in [0.15, 0.2) is 194 Å². The smallest absolute Gasteiger partial charge is 0.0622 e. The summed E-state index contributed by atoms with van der Waals surface area (Å²) in [5, 5.41) is 13.1. The number of benzene rings is 10. The van der Waals surface area contributed by atoms with Crippen LogP contribution < -0.4 is 0 Å². The van der Waals surface area contributed by atoms with Gasteiger partial charge in [0.2, 0.25) is 0 Å². The van der Waals surface area contributed by atoms with Crippen LogP contribution in [-0.4, -0.2) is 0 Å². The standard InChI is InChI=1S/C51H32/c1-3-15-35(16-4-1)51(36-17-5-2-6-18-36)47-26-14-13-22-40(47)41-29-27-34(32-48(41)51)33-28-30-45-46(31-33)39-21-9-12-25-44(39)49-42-23-10-7-19-37(42)38-20-8-11-24-43(38)50(45)49/h1-32H. The third-order valence-electron chi connectivity index (χ3n) is 11.5. The summed E-state index contributed by atoms with van der Waals surface area (Å²) in [6, 6.07) is 72.3. The summed E-state index contributed by atoms with van der Waals surface area (Å²) in [5.41, 5.74) is 9.88. The van der Waals surface area contributed by atoms with Gasteiger partial charge in [-0.3, -0.25) is 0 Å². The Bertz CT molecular complexity index is 2970. The molecule has 0 radical (unpaired) electrons. The molecule has 0 aromatic heterocycles. The van der Waals surface area contributed by atoms with Gasteiger partial charge >= 0.3 is 0 Å². The van der Waals surface area contributed by atoms with Gasteiger partial charge in [0, 0.05) is 0 Å². The molecule has 0 nitrogen and oxygen atoms in total. The fraction of sp³-hybridized carbons (Fsp3) is 0.0196. The summed E-state index contributed by atoms with van der Waals surface area (Å²) in [5.74, 6) is 0. The Morgan fingerprint density at radius 2 is 0.667 bits per heavy atom. The first kappa shape index (κ1) is 28.3. The van der Waals surface area contributed by atoms with Gasteiger partial charge in [0.05, 0.1) is 5.41 Å². The van der Waals surface area contributed by atoms with Crippen LogP contribution >= 0.6 is 0 Å². The van der Waals surface area contributed by atoms with Crippen molar-refractivity contribution < 1.29 is 0 Å². The molecular formula is C51H32. The molecule has 0 saturated carbocycles. The minimum Gasteiger partial charge on any atom is -0.0622 e. The molecule has 0 fully saturated rings. The summed E-state index contributed by atoms with van der Waals surface area (Å²) in [6.45, 7) is 0. The van der Waals surface area contributed by atoms with Gasteiger partial charge in [0.25, 0.3) is 0 Å². The molecule has 1 aliphatic rings. The SMILES string of the molecule is c1ccc(C2(c3ccccc3)c3ccccc3-c3ccc(-c4ccc5c(c4)c4ccccc4c4c6ccccc6c6ccccc6c54)cc32)cc1. The highest BCUT2D eigenvalue weighted by Gasteiger charge is 2.46. The van der Waals surface area contributed by atoms with E-state index in [4.69, 9.17) is 0 Å². The topological polar surface area (TPSA) is 0 Å². The highest BCUT2D eigenvalue weighted by atomic mass is 14.5. The van der Waals surface area contributed by atoms with Crippen LogP contribution in [0.3, 0.4) is 0 Å². The van der Waals surface area contributed by atoms with Crippen LogP contribution in [0.25, 0.3) is 76.1 Å². The minimum atomic E-state index is -0.426. The van der Waals surface area contributed by atoms with Crippen LogP contribution in [0.5, 0.6) is 0 Å². The van der Waals surface area contributed by atoms with Crippen molar-refractivity contribution in [2.24, 2.45) is 0 Å².